The van der Waals surface area contributed by atoms with Crippen molar-refractivity contribution in [1.82, 2.24) is 15.1 Å². The minimum absolute atomic E-state index is 0. The van der Waals surface area contributed by atoms with Gasteiger partial charge in [0, 0.05) is 38.3 Å². The van der Waals surface area contributed by atoms with E-state index in [1.807, 2.05) is 36.1 Å². The van der Waals surface area contributed by atoms with Gasteiger partial charge in [0.15, 0.2) is 5.96 Å². The molecule has 32 heavy (non-hydrogen) atoms. The number of guanidine groups is 1. The van der Waals surface area contributed by atoms with E-state index in [0.717, 1.165) is 75.5 Å². The Morgan fingerprint density at radius 1 is 1.00 bits per heavy atom. The lowest BCUT2D eigenvalue weighted by Gasteiger charge is -2.33. The molecule has 1 aromatic rings. The number of halogens is 1. The highest BCUT2D eigenvalue weighted by atomic mass is 127. The van der Waals surface area contributed by atoms with Crippen LogP contribution in [0.4, 0.5) is 0 Å². The van der Waals surface area contributed by atoms with Gasteiger partial charge < -0.3 is 19.9 Å². The number of rotatable bonds is 6. The first-order chi connectivity index (χ1) is 15.1. The summed E-state index contributed by atoms with van der Waals surface area (Å²) in [6, 6.07) is 7.83. The van der Waals surface area contributed by atoms with Gasteiger partial charge in [0.25, 0.3) is 5.91 Å². The third kappa shape index (κ3) is 7.35. The Bertz CT molecular complexity index is 755. The second kappa shape index (κ2) is 13.6. The molecule has 0 bridgehead atoms. The average molecular weight is 556 g/mol. The van der Waals surface area contributed by atoms with Crippen molar-refractivity contribution in [2.24, 2.45) is 10.9 Å². The molecular formula is C24H37IN4O3. The van der Waals surface area contributed by atoms with Gasteiger partial charge in [0.2, 0.25) is 0 Å². The van der Waals surface area contributed by atoms with Crippen LogP contribution in [0.15, 0.2) is 29.3 Å². The van der Waals surface area contributed by atoms with Crippen molar-refractivity contribution >= 4 is 41.8 Å². The van der Waals surface area contributed by atoms with E-state index in [2.05, 4.69) is 17.1 Å². The first kappa shape index (κ1) is 26.4. The topological polar surface area (TPSA) is 74.2 Å². The van der Waals surface area contributed by atoms with Gasteiger partial charge in [0.1, 0.15) is 0 Å². The number of ether oxygens (including phenoxy) is 1. The lowest BCUT2D eigenvalue weighted by molar-refractivity contribution is -0.149. The minimum Gasteiger partial charge on any atom is -0.466 e. The van der Waals surface area contributed by atoms with E-state index >= 15 is 0 Å². The van der Waals surface area contributed by atoms with Crippen LogP contribution in [0.2, 0.25) is 0 Å². The molecule has 0 unspecified atom stereocenters. The number of hydrogen-bond acceptors (Lipinski definition) is 4. The van der Waals surface area contributed by atoms with Crippen molar-refractivity contribution in [3.05, 3.63) is 35.4 Å². The Balaban J connectivity index is 0.00000363. The minimum atomic E-state index is -0.0803. The molecule has 0 aliphatic carbocycles. The summed E-state index contributed by atoms with van der Waals surface area (Å²) in [6.45, 7) is 9.00. The summed E-state index contributed by atoms with van der Waals surface area (Å²) >= 11 is 0. The standard InChI is InChI=1S/C24H36N4O3.HI/c1-3-25-24(28-16-12-21(13-17-28)23(30)31-4-2)26-18-19-8-10-20(11-9-19)22(29)27-14-6-5-7-15-27;/h8-11,21H,3-7,12-18H2,1-2H3,(H,25,26);1H. The van der Waals surface area contributed by atoms with Crippen LogP contribution < -0.4 is 5.32 Å². The zero-order valence-electron chi connectivity index (χ0n) is 19.3. The highest BCUT2D eigenvalue weighted by Crippen LogP contribution is 2.19. The highest BCUT2D eigenvalue weighted by Gasteiger charge is 2.27. The molecule has 3 rings (SSSR count). The van der Waals surface area contributed by atoms with Crippen LogP contribution in [0.25, 0.3) is 0 Å². The predicted molar refractivity (Wildman–Crippen MR) is 137 cm³/mol. The number of likely N-dealkylation sites (tertiary alicyclic amines) is 2. The van der Waals surface area contributed by atoms with Crippen LogP contribution in [0.5, 0.6) is 0 Å². The fourth-order valence-corrected chi connectivity index (χ4v) is 4.21. The quantitative estimate of drug-likeness (QED) is 0.251. The zero-order valence-corrected chi connectivity index (χ0v) is 21.7. The van der Waals surface area contributed by atoms with Crippen molar-refractivity contribution in [3.8, 4) is 0 Å². The third-order valence-electron chi connectivity index (χ3n) is 6.00. The largest absolute Gasteiger partial charge is 0.466 e. The molecule has 2 aliphatic rings. The van der Waals surface area contributed by atoms with Crippen LogP contribution in [0.1, 0.15) is 61.9 Å². The molecule has 0 radical (unpaired) electrons. The summed E-state index contributed by atoms with van der Waals surface area (Å²) in [5, 5.41) is 3.36. The highest BCUT2D eigenvalue weighted by molar-refractivity contribution is 14.0. The number of nitrogens with zero attached hydrogens (tertiary/aromatic N) is 3. The molecule has 0 aromatic heterocycles. The van der Waals surface area contributed by atoms with Gasteiger partial charge >= 0.3 is 5.97 Å². The number of carbonyl (C=O) groups excluding carboxylic acids is 2. The molecule has 0 saturated carbocycles. The molecule has 2 aliphatic heterocycles. The first-order valence-corrected chi connectivity index (χ1v) is 11.7. The summed E-state index contributed by atoms with van der Waals surface area (Å²) in [5.74, 6) is 0.915. The number of benzene rings is 1. The van der Waals surface area contributed by atoms with E-state index in [4.69, 9.17) is 9.73 Å². The Kier molecular flexibility index (Phi) is 11.3. The van der Waals surface area contributed by atoms with Gasteiger partial charge in [-0.2, -0.15) is 0 Å². The van der Waals surface area contributed by atoms with Crippen molar-refractivity contribution in [2.75, 3.05) is 39.3 Å². The molecule has 2 saturated heterocycles. The molecule has 0 spiro atoms. The smallest absolute Gasteiger partial charge is 0.309 e. The van der Waals surface area contributed by atoms with E-state index in [1.165, 1.54) is 6.42 Å². The number of hydrogen-bond donors (Lipinski definition) is 1. The Morgan fingerprint density at radius 2 is 1.66 bits per heavy atom. The van der Waals surface area contributed by atoms with Crippen molar-refractivity contribution < 1.29 is 14.3 Å². The SMILES string of the molecule is CCNC(=NCc1ccc(C(=O)N2CCCCC2)cc1)N1CCC(C(=O)OCC)CC1.I. The third-order valence-corrected chi connectivity index (χ3v) is 6.00. The van der Waals surface area contributed by atoms with Crippen LogP contribution in [-0.4, -0.2) is 67.0 Å². The lowest BCUT2D eigenvalue weighted by atomic mass is 9.97. The Morgan fingerprint density at radius 3 is 2.25 bits per heavy atom. The molecular weight excluding hydrogens is 519 g/mol. The molecule has 0 atom stereocenters. The van der Waals surface area contributed by atoms with Crippen LogP contribution in [-0.2, 0) is 16.1 Å². The molecule has 7 nitrogen and oxygen atoms in total. The number of amides is 1. The molecule has 1 aromatic carbocycles. The Labute approximate surface area is 209 Å². The maximum Gasteiger partial charge on any atom is 0.309 e. The van der Waals surface area contributed by atoms with E-state index in [1.54, 1.807) is 0 Å². The summed E-state index contributed by atoms with van der Waals surface area (Å²) in [6.07, 6.45) is 4.99. The number of aliphatic imine (C=N–C) groups is 1. The average Bonchev–Trinajstić information content (AvgIpc) is 2.82. The number of esters is 1. The second-order valence-electron chi connectivity index (χ2n) is 8.23. The number of nitrogens with one attached hydrogen (secondary N) is 1. The van der Waals surface area contributed by atoms with E-state index < -0.39 is 0 Å². The lowest BCUT2D eigenvalue weighted by Crippen LogP contribution is -2.46. The monoisotopic (exact) mass is 556 g/mol. The van der Waals surface area contributed by atoms with Crippen molar-refractivity contribution in [1.29, 1.82) is 0 Å². The van der Waals surface area contributed by atoms with Crippen LogP contribution >= 0.6 is 24.0 Å². The van der Waals surface area contributed by atoms with E-state index in [-0.39, 0.29) is 41.8 Å². The summed E-state index contributed by atoms with van der Waals surface area (Å²) in [4.78, 5) is 33.6. The van der Waals surface area contributed by atoms with Crippen LogP contribution in [0.3, 0.4) is 0 Å². The maximum absolute atomic E-state index is 12.6. The van der Waals surface area contributed by atoms with Crippen molar-refractivity contribution in [2.45, 2.75) is 52.5 Å². The van der Waals surface area contributed by atoms with Gasteiger partial charge in [-0.3, -0.25) is 9.59 Å². The Hall–Kier alpha value is -1.84. The predicted octanol–water partition coefficient (Wildman–Crippen LogP) is 3.67. The first-order valence-electron chi connectivity index (χ1n) is 11.7. The molecule has 1 amide bonds. The molecule has 1 N–H and O–H groups in total. The summed E-state index contributed by atoms with van der Waals surface area (Å²) in [7, 11) is 0. The van der Waals surface area contributed by atoms with Crippen LogP contribution in [0, 0.1) is 5.92 Å². The molecule has 8 heteroatoms. The number of carbonyl (C=O) groups is 2. The fourth-order valence-electron chi connectivity index (χ4n) is 4.21. The van der Waals surface area contributed by atoms with Gasteiger partial charge in [-0.25, -0.2) is 4.99 Å². The van der Waals surface area contributed by atoms with Gasteiger partial charge in [-0.05, 0) is 63.6 Å². The van der Waals surface area contributed by atoms with Gasteiger partial charge in [0.05, 0.1) is 19.1 Å². The molecule has 2 heterocycles. The summed E-state index contributed by atoms with van der Waals surface area (Å²) in [5.41, 5.74) is 1.83. The van der Waals surface area contributed by atoms with E-state index in [0.29, 0.717) is 13.2 Å². The molecule has 2 fully saturated rings. The van der Waals surface area contributed by atoms with Gasteiger partial charge in [-0.15, -0.1) is 24.0 Å². The maximum atomic E-state index is 12.6. The number of piperidine rings is 2. The summed E-state index contributed by atoms with van der Waals surface area (Å²) < 4.78 is 5.16. The van der Waals surface area contributed by atoms with Gasteiger partial charge in [-0.1, -0.05) is 12.1 Å². The zero-order chi connectivity index (χ0) is 22.1. The second-order valence-corrected chi connectivity index (χ2v) is 8.23. The van der Waals surface area contributed by atoms with E-state index in [9.17, 15) is 9.59 Å². The normalized spacial score (nSPS) is 17.5. The fraction of sp³-hybridized carbons (Fsp3) is 0.625. The molecule has 178 valence electrons. The van der Waals surface area contributed by atoms with Crippen molar-refractivity contribution in [3.63, 3.8) is 0 Å².